The Morgan fingerprint density at radius 1 is 1.08 bits per heavy atom. The van der Waals surface area contributed by atoms with E-state index in [9.17, 15) is 0 Å². The molecule has 0 spiro atoms. The van der Waals surface area contributed by atoms with Gasteiger partial charge in [-0.3, -0.25) is 0 Å². The van der Waals surface area contributed by atoms with E-state index >= 15 is 0 Å². The molecule has 0 radical (unpaired) electrons. The average Bonchev–Trinajstić information content (AvgIpc) is 2.69. The van der Waals surface area contributed by atoms with Gasteiger partial charge in [0.2, 0.25) is 0 Å². The molecule has 0 amide bonds. The first-order chi connectivity index (χ1) is 6.31. The van der Waals surface area contributed by atoms with Gasteiger partial charge in [0.15, 0.2) is 0 Å². The summed E-state index contributed by atoms with van der Waals surface area (Å²) in [5.41, 5.74) is 0. The van der Waals surface area contributed by atoms with Crippen LogP contribution in [0.5, 0.6) is 0 Å². The van der Waals surface area contributed by atoms with Crippen LogP contribution in [0.25, 0.3) is 0 Å². The zero-order chi connectivity index (χ0) is 9.26. The summed E-state index contributed by atoms with van der Waals surface area (Å²) in [5, 5.41) is 0. The highest BCUT2D eigenvalue weighted by Crippen LogP contribution is 2.49. The third kappa shape index (κ3) is 2.27. The van der Waals surface area contributed by atoms with Crippen LogP contribution >= 0.6 is 0 Å². The molecule has 0 aromatic carbocycles. The minimum absolute atomic E-state index is 1.04. The molecule has 0 aromatic heterocycles. The first-order valence-corrected chi connectivity index (χ1v) is 6.31. The molecule has 0 bridgehead atoms. The lowest BCUT2D eigenvalue weighted by atomic mass is 9.91. The van der Waals surface area contributed by atoms with Gasteiger partial charge in [-0.2, -0.15) is 0 Å². The molecular weight excluding hydrogens is 156 g/mol. The van der Waals surface area contributed by atoms with Gasteiger partial charge in [0.1, 0.15) is 0 Å². The molecule has 2 saturated carbocycles. The second kappa shape index (κ2) is 4.02. The summed E-state index contributed by atoms with van der Waals surface area (Å²) >= 11 is 0. The number of rotatable bonds is 4. The standard InChI is InChI=1S/C13H24/c1-3-5-12-9-13(12)8-11-7-4-6-10(11)2/h10-13H,3-9H2,1-2H3. The first-order valence-electron chi connectivity index (χ1n) is 6.31. The van der Waals surface area contributed by atoms with Crippen LogP contribution < -0.4 is 0 Å². The van der Waals surface area contributed by atoms with Crippen LogP contribution in [0.3, 0.4) is 0 Å². The van der Waals surface area contributed by atoms with Crippen molar-refractivity contribution in [3.05, 3.63) is 0 Å². The molecule has 76 valence electrons. The minimum atomic E-state index is 1.04. The summed E-state index contributed by atoms with van der Waals surface area (Å²) < 4.78 is 0. The van der Waals surface area contributed by atoms with Crippen molar-refractivity contribution in [2.45, 2.75) is 58.8 Å². The normalized spacial score (nSPS) is 43.8. The quantitative estimate of drug-likeness (QED) is 0.606. The predicted molar refractivity (Wildman–Crippen MR) is 57.6 cm³/mol. The Hall–Kier alpha value is 0. The van der Waals surface area contributed by atoms with Gasteiger partial charge in [-0.25, -0.2) is 0 Å². The van der Waals surface area contributed by atoms with Gasteiger partial charge in [0, 0.05) is 0 Å². The lowest BCUT2D eigenvalue weighted by Crippen LogP contribution is -2.05. The maximum absolute atomic E-state index is 2.47. The van der Waals surface area contributed by atoms with Crippen LogP contribution in [0.2, 0.25) is 0 Å². The summed E-state index contributed by atoms with van der Waals surface area (Å²) in [6.45, 7) is 4.79. The highest BCUT2D eigenvalue weighted by Gasteiger charge is 2.39. The van der Waals surface area contributed by atoms with Crippen LogP contribution in [-0.2, 0) is 0 Å². The Bertz CT molecular complexity index is 161. The van der Waals surface area contributed by atoms with Crippen molar-refractivity contribution in [2.24, 2.45) is 23.7 Å². The van der Waals surface area contributed by atoms with Crippen LogP contribution in [0, 0.1) is 23.7 Å². The third-order valence-electron chi connectivity index (χ3n) is 4.37. The predicted octanol–water partition coefficient (Wildman–Crippen LogP) is 4.25. The molecule has 0 saturated heterocycles. The minimum Gasteiger partial charge on any atom is -0.0654 e. The van der Waals surface area contributed by atoms with Gasteiger partial charge in [-0.05, 0) is 36.5 Å². The topological polar surface area (TPSA) is 0 Å². The molecule has 2 aliphatic rings. The van der Waals surface area contributed by atoms with Crippen LogP contribution in [0.4, 0.5) is 0 Å². The molecule has 2 rings (SSSR count). The average molecular weight is 180 g/mol. The summed E-state index contributed by atoms with van der Waals surface area (Å²) in [6.07, 6.45) is 10.6. The summed E-state index contributed by atoms with van der Waals surface area (Å²) in [4.78, 5) is 0. The van der Waals surface area contributed by atoms with Crippen molar-refractivity contribution in [2.75, 3.05) is 0 Å². The van der Waals surface area contributed by atoms with Gasteiger partial charge in [0.05, 0.1) is 0 Å². The Labute approximate surface area is 83.1 Å². The second-order valence-electron chi connectivity index (χ2n) is 5.45. The van der Waals surface area contributed by atoms with Gasteiger partial charge in [-0.1, -0.05) is 46.0 Å². The first kappa shape index (κ1) is 9.55. The summed E-state index contributed by atoms with van der Waals surface area (Å²) in [5.74, 6) is 4.43. The zero-order valence-electron chi connectivity index (χ0n) is 9.26. The maximum Gasteiger partial charge on any atom is -0.0380 e. The molecule has 0 heterocycles. The van der Waals surface area contributed by atoms with Gasteiger partial charge < -0.3 is 0 Å². The van der Waals surface area contributed by atoms with Gasteiger partial charge >= 0.3 is 0 Å². The molecule has 4 unspecified atom stereocenters. The molecule has 13 heavy (non-hydrogen) atoms. The van der Waals surface area contributed by atoms with Crippen LogP contribution in [-0.4, -0.2) is 0 Å². The number of hydrogen-bond donors (Lipinski definition) is 0. The molecule has 0 aromatic rings. The molecule has 2 fully saturated rings. The van der Waals surface area contributed by atoms with Gasteiger partial charge in [0.25, 0.3) is 0 Å². The SMILES string of the molecule is CCCC1CC1CC1CCCC1C. The van der Waals surface area contributed by atoms with E-state index < -0.39 is 0 Å². The van der Waals surface area contributed by atoms with Crippen molar-refractivity contribution < 1.29 is 0 Å². The molecule has 0 aliphatic heterocycles. The van der Waals surface area contributed by atoms with E-state index in [1.807, 2.05) is 0 Å². The fraction of sp³-hybridized carbons (Fsp3) is 1.00. The highest BCUT2D eigenvalue weighted by molar-refractivity contribution is 4.89. The van der Waals surface area contributed by atoms with E-state index in [0.29, 0.717) is 0 Å². The Balaban J connectivity index is 1.68. The van der Waals surface area contributed by atoms with E-state index in [-0.39, 0.29) is 0 Å². The largest absolute Gasteiger partial charge is 0.0654 e. The number of hydrogen-bond acceptors (Lipinski definition) is 0. The molecule has 4 atom stereocenters. The molecule has 0 N–H and O–H groups in total. The Morgan fingerprint density at radius 2 is 1.92 bits per heavy atom. The maximum atomic E-state index is 2.47. The molecular formula is C13H24. The van der Waals surface area contributed by atoms with E-state index in [2.05, 4.69) is 13.8 Å². The second-order valence-corrected chi connectivity index (χ2v) is 5.45. The van der Waals surface area contributed by atoms with Crippen molar-refractivity contribution >= 4 is 0 Å². The van der Waals surface area contributed by atoms with Crippen molar-refractivity contribution in [3.8, 4) is 0 Å². The van der Waals surface area contributed by atoms with E-state index in [0.717, 1.165) is 23.7 Å². The molecule has 0 nitrogen and oxygen atoms in total. The summed E-state index contributed by atoms with van der Waals surface area (Å²) in [6, 6.07) is 0. The monoisotopic (exact) mass is 180 g/mol. The van der Waals surface area contributed by atoms with Crippen LogP contribution in [0.1, 0.15) is 58.8 Å². The smallest absolute Gasteiger partial charge is 0.0380 e. The van der Waals surface area contributed by atoms with Crippen molar-refractivity contribution in [3.63, 3.8) is 0 Å². The zero-order valence-corrected chi connectivity index (χ0v) is 9.26. The van der Waals surface area contributed by atoms with E-state index in [4.69, 9.17) is 0 Å². The fourth-order valence-electron chi connectivity index (χ4n) is 3.28. The van der Waals surface area contributed by atoms with Gasteiger partial charge in [-0.15, -0.1) is 0 Å². The van der Waals surface area contributed by atoms with Crippen LogP contribution in [0.15, 0.2) is 0 Å². The third-order valence-corrected chi connectivity index (χ3v) is 4.37. The summed E-state index contributed by atoms with van der Waals surface area (Å²) in [7, 11) is 0. The molecule has 2 aliphatic carbocycles. The highest BCUT2D eigenvalue weighted by atomic mass is 14.4. The Morgan fingerprint density at radius 3 is 2.54 bits per heavy atom. The lowest BCUT2D eigenvalue weighted by molar-refractivity contribution is 0.361. The lowest BCUT2D eigenvalue weighted by Gasteiger charge is -2.14. The van der Waals surface area contributed by atoms with Crippen molar-refractivity contribution in [1.82, 2.24) is 0 Å². The molecule has 0 heteroatoms. The van der Waals surface area contributed by atoms with E-state index in [1.165, 1.54) is 32.1 Å². The fourth-order valence-corrected chi connectivity index (χ4v) is 3.28. The van der Waals surface area contributed by atoms with Crippen molar-refractivity contribution in [1.29, 1.82) is 0 Å². The Kier molecular flexibility index (Phi) is 2.96. The van der Waals surface area contributed by atoms with E-state index in [1.54, 1.807) is 12.8 Å².